The van der Waals surface area contributed by atoms with Gasteiger partial charge in [0.2, 0.25) is 0 Å². The SMILES string of the molecule is CCOC(=O)CC=C1CC2COCC(C1)N2Cc1ccccc1. The molecule has 4 nitrogen and oxygen atoms in total. The smallest absolute Gasteiger partial charge is 0.309 e. The molecule has 0 saturated carbocycles. The molecule has 0 aromatic heterocycles. The summed E-state index contributed by atoms with van der Waals surface area (Å²) in [6.45, 7) is 4.83. The van der Waals surface area contributed by atoms with Crippen molar-refractivity contribution < 1.29 is 14.3 Å². The second-order valence-corrected chi connectivity index (χ2v) is 6.28. The van der Waals surface area contributed by atoms with Crippen LogP contribution in [0.2, 0.25) is 0 Å². The average Bonchev–Trinajstić information content (AvgIpc) is 2.54. The lowest BCUT2D eigenvalue weighted by atomic mass is 9.88. The first kappa shape index (κ1) is 16.2. The Balaban J connectivity index is 1.63. The molecular weight excluding hydrogens is 290 g/mol. The second-order valence-electron chi connectivity index (χ2n) is 6.28. The number of benzene rings is 1. The van der Waals surface area contributed by atoms with Crippen LogP contribution in [0.4, 0.5) is 0 Å². The Bertz CT molecular complexity index is 539. The molecule has 2 heterocycles. The largest absolute Gasteiger partial charge is 0.466 e. The number of ether oxygens (including phenoxy) is 2. The minimum Gasteiger partial charge on any atom is -0.466 e. The summed E-state index contributed by atoms with van der Waals surface area (Å²) < 4.78 is 10.8. The first-order chi connectivity index (χ1) is 11.3. The molecule has 0 N–H and O–H groups in total. The van der Waals surface area contributed by atoms with Crippen molar-refractivity contribution in [2.45, 2.75) is 44.8 Å². The van der Waals surface area contributed by atoms with Gasteiger partial charge >= 0.3 is 5.97 Å². The summed E-state index contributed by atoms with van der Waals surface area (Å²) >= 11 is 0. The molecule has 2 fully saturated rings. The monoisotopic (exact) mass is 315 g/mol. The predicted octanol–water partition coefficient (Wildman–Crippen LogP) is 2.93. The number of nitrogens with zero attached hydrogens (tertiary/aromatic N) is 1. The van der Waals surface area contributed by atoms with E-state index >= 15 is 0 Å². The topological polar surface area (TPSA) is 38.8 Å². The lowest BCUT2D eigenvalue weighted by Crippen LogP contribution is -2.54. The molecule has 0 radical (unpaired) electrons. The van der Waals surface area contributed by atoms with Crippen LogP contribution in [-0.4, -0.2) is 42.8 Å². The molecule has 124 valence electrons. The number of morpholine rings is 1. The number of rotatable bonds is 5. The van der Waals surface area contributed by atoms with Gasteiger partial charge in [-0.3, -0.25) is 9.69 Å². The number of esters is 1. The van der Waals surface area contributed by atoms with Crippen molar-refractivity contribution in [3.63, 3.8) is 0 Å². The summed E-state index contributed by atoms with van der Waals surface area (Å²) in [5.74, 6) is -0.131. The molecule has 2 saturated heterocycles. The Hall–Kier alpha value is -1.65. The van der Waals surface area contributed by atoms with E-state index in [1.165, 1.54) is 11.1 Å². The zero-order valence-electron chi connectivity index (χ0n) is 13.7. The zero-order chi connectivity index (χ0) is 16.1. The van der Waals surface area contributed by atoms with E-state index in [-0.39, 0.29) is 5.97 Å². The van der Waals surface area contributed by atoms with E-state index in [2.05, 4.69) is 41.3 Å². The van der Waals surface area contributed by atoms with Crippen molar-refractivity contribution >= 4 is 5.97 Å². The fourth-order valence-electron chi connectivity index (χ4n) is 3.54. The van der Waals surface area contributed by atoms with Crippen molar-refractivity contribution in [1.82, 2.24) is 4.90 Å². The summed E-state index contributed by atoms with van der Waals surface area (Å²) in [6, 6.07) is 11.4. The van der Waals surface area contributed by atoms with Crippen molar-refractivity contribution in [2.75, 3.05) is 19.8 Å². The maximum Gasteiger partial charge on any atom is 0.309 e. The molecule has 2 aliphatic rings. The van der Waals surface area contributed by atoms with E-state index in [1.807, 2.05) is 6.92 Å². The summed E-state index contributed by atoms with van der Waals surface area (Å²) in [5, 5.41) is 0. The zero-order valence-corrected chi connectivity index (χ0v) is 13.7. The lowest BCUT2D eigenvalue weighted by Gasteiger charge is -2.46. The van der Waals surface area contributed by atoms with Crippen molar-refractivity contribution in [3.8, 4) is 0 Å². The first-order valence-corrected chi connectivity index (χ1v) is 8.47. The summed E-state index contributed by atoms with van der Waals surface area (Å²) in [6.07, 6.45) is 4.44. The van der Waals surface area contributed by atoms with E-state index < -0.39 is 0 Å². The summed E-state index contributed by atoms with van der Waals surface area (Å²) in [5.41, 5.74) is 2.73. The van der Waals surface area contributed by atoms with Gasteiger partial charge < -0.3 is 9.47 Å². The molecule has 1 aromatic carbocycles. The van der Waals surface area contributed by atoms with Crippen LogP contribution in [0.3, 0.4) is 0 Å². The fourth-order valence-corrected chi connectivity index (χ4v) is 3.54. The molecule has 2 aliphatic heterocycles. The minimum absolute atomic E-state index is 0.131. The third-order valence-electron chi connectivity index (χ3n) is 4.62. The maximum atomic E-state index is 11.5. The molecule has 4 heteroatoms. The number of piperidine rings is 1. The molecule has 23 heavy (non-hydrogen) atoms. The Kier molecular flexibility index (Phi) is 5.47. The van der Waals surface area contributed by atoms with Crippen LogP contribution < -0.4 is 0 Å². The Labute approximate surface area is 138 Å². The van der Waals surface area contributed by atoms with Gasteiger partial charge in [0.15, 0.2) is 0 Å². The fraction of sp³-hybridized carbons (Fsp3) is 0.526. The van der Waals surface area contributed by atoms with Crippen LogP contribution in [0.25, 0.3) is 0 Å². The molecular formula is C19H25NO3. The average molecular weight is 315 g/mol. The lowest BCUT2D eigenvalue weighted by molar-refractivity contribution is -0.142. The normalized spacial score (nSPS) is 24.3. The molecule has 1 aromatic rings. The van der Waals surface area contributed by atoms with Crippen molar-refractivity contribution in [1.29, 1.82) is 0 Å². The number of carbonyl (C=O) groups excluding carboxylic acids is 1. The molecule has 0 amide bonds. The van der Waals surface area contributed by atoms with Crippen LogP contribution in [0.5, 0.6) is 0 Å². The standard InChI is InChI=1S/C19H25NO3/c1-2-23-19(21)9-8-16-10-17-13-22-14-18(11-16)20(17)12-15-6-4-3-5-7-15/h3-8,17-18H,2,9-14H2,1H3. The molecule has 2 bridgehead atoms. The van der Waals surface area contributed by atoms with Crippen molar-refractivity contribution in [3.05, 3.63) is 47.5 Å². The Morgan fingerprint density at radius 3 is 2.61 bits per heavy atom. The number of fused-ring (bicyclic) bond motifs is 2. The molecule has 2 atom stereocenters. The van der Waals surface area contributed by atoms with E-state index in [1.54, 1.807) is 0 Å². The maximum absolute atomic E-state index is 11.5. The number of hydrogen-bond acceptors (Lipinski definition) is 4. The summed E-state index contributed by atoms with van der Waals surface area (Å²) in [7, 11) is 0. The van der Waals surface area contributed by atoms with Gasteiger partial charge in [-0.25, -0.2) is 0 Å². The highest BCUT2D eigenvalue weighted by atomic mass is 16.5. The van der Waals surface area contributed by atoms with Crippen LogP contribution in [0.1, 0.15) is 31.7 Å². The molecule has 0 spiro atoms. The van der Waals surface area contributed by atoms with Crippen LogP contribution in [-0.2, 0) is 20.8 Å². The van der Waals surface area contributed by atoms with Crippen LogP contribution >= 0.6 is 0 Å². The van der Waals surface area contributed by atoms with Gasteiger partial charge in [0.25, 0.3) is 0 Å². The molecule has 3 rings (SSSR count). The highest BCUT2D eigenvalue weighted by Gasteiger charge is 2.36. The van der Waals surface area contributed by atoms with Gasteiger partial charge in [0.05, 0.1) is 26.2 Å². The van der Waals surface area contributed by atoms with E-state index in [9.17, 15) is 4.79 Å². The Morgan fingerprint density at radius 1 is 1.26 bits per heavy atom. The van der Waals surface area contributed by atoms with E-state index in [0.717, 1.165) is 32.6 Å². The predicted molar refractivity (Wildman–Crippen MR) is 88.9 cm³/mol. The molecule has 2 unspecified atom stereocenters. The van der Waals surface area contributed by atoms with Gasteiger partial charge in [0.1, 0.15) is 0 Å². The van der Waals surface area contributed by atoms with Crippen molar-refractivity contribution in [2.24, 2.45) is 0 Å². The third kappa shape index (κ3) is 4.21. The minimum atomic E-state index is -0.131. The first-order valence-electron chi connectivity index (χ1n) is 8.47. The van der Waals surface area contributed by atoms with Gasteiger partial charge in [0, 0.05) is 18.6 Å². The van der Waals surface area contributed by atoms with Crippen LogP contribution in [0.15, 0.2) is 42.0 Å². The summed E-state index contributed by atoms with van der Waals surface area (Å²) in [4.78, 5) is 14.1. The van der Waals surface area contributed by atoms with Gasteiger partial charge in [-0.15, -0.1) is 0 Å². The number of hydrogen-bond donors (Lipinski definition) is 0. The van der Waals surface area contributed by atoms with Crippen LogP contribution in [0, 0.1) is 0 Å². The number of carbonyl (C=O) groups is 1. The second kappa shape index (κ2) is 7.75. The Morgan fingerprint density at radius 2 is 1.96 bits per heavy atom. The highest BCUT2D eigenvalue weighted by molar-refractivity contribution is 5.71. The van der Waals surface area contributed by atoms with Gasteiger partial charge in [-0.2, -0.15) is 0 Å². The van der Waals surface area contributed by atoms with E-state index in [4.69, 9.17) is 9.47 Å². The van der Waals surface area contributed by atoms with E-state index in [0.29, 0.717) is 25.1 Å². The molecule has 0 aliphatic carbocycles. The van der Waals surface area contributed by atoms with Gasteiger partial charge in [-0.05, 0) is 25.3 Å². The third-order valence-corrected chi connectivity index (χ3v) is 4.62. The quantitative estimate of drug-likeness (QED) is 0.618. The van der Waals surface area contributed by atoms with Gasteiger partial charge in [-0.1, -0.05) is 42.0 Å². The highest BCUT2D eigenvalue weighted by Crippen LogP contribution is 2.32.